The van der Waals surface area contributed by atoms with Crippen LogP contribution in [0.4, 0.5) is 18.9 Å². The Hall–Kier alpha value is -2.47. The number of anilines is 1. The monoisotopic (exact) mass is 457 g/mol. The van der Waals surface area contributed by atoms with Gasteiger partial charge in [0.05, 0.1) is 11.8 Å². The molecule has 0 aliphatic heterocycles. The molecule has 0 spiro atoms. The molecule has 7 nitrogen and oxygen atoms in total. The Balaban J connectivity index is 2.07. The topological polar surface area (TPSA) is 122 Å². The molecule has 1 aliphatic rings. The van der Waals surface area contributed by atoms with E-state index in [-0.39, 0.29) is 18.4 Å². The number of sulfonamides is 1. The summed E-state index contributed by atoms with van der Waals surface area (Å²) in [7, 11) is -4.72. The van der Waals surface area contributed by atoms with Crippen LogP contribution in [0.5, 0.6) is 0 Å². The van der Waals surface area contributed by atoms with Gasteiger partial charge in [-0.3, -0.25) is 4.79 Å². The summed E-state index contributed by atoms with van der Waals surface area (Å²) in [5, 5.41) is 11.8. The summed E-state index contributed by atoms with van der Waals surface area (Å²) in [6, 6.07) is 6.91. The highest BCUT2D eigenvalue weighted by Crippen LogP contribution is 2.34. The molecule has 0 radical (unpaired) electrons. The summed E-state index contributed by atoms with van der Waals surface area (Å²) in [5.74, 6) is -6.49. The number of hydrogen-bond donors (Lipinski definition) is 4. The van der Waals surface area contributed by atoms with Crippen molar-refractivity contribution in [1.29, 1.82) is 0 Å². The van der Waals surface area contributed by atoms with Gasteiger partial charge in [0.2, 0.25) is 10.0 Å². The number of carbonyl (C=O) groups excluding carboxylic acids is 1. The summed E-state index contributed by atoms with van der Waals surface area (Å²) in [6.45, 7) is -0.689. The van der Waals surface area contributed by atoms with Crippen molar-refractivity contribution in [3.63, 3.8) is 0 Å². The standard InChI is InChI=1S/C20H22F3N3O4S/c21-15-14(10-24)18(25-20(28)11-4-2-1-3-5-11)19(17(23)16(15)22)31(29,30)26-12-6-8-13(27)9-7-12/h1-5,12-13,26-27H,6-10,24H2,(H,25,28). The first-order valence-electron chi connectivity index (χ1n) is 9.62. The molecule has 2 aromatic carbocycles. The Morgan fingerprint density at radius 1 is 1.03 bits per heavy atom. The number of aliphatic hydroxyl groups is 1. The Kier molecular flexibility index (Phi) is 6.99. The lowest BCUT2D eigenvalue weighted by atomic mass is 9.94. The van der Waals surface area contributed by atoms with Crippen molar-refractivity contribution in [2.24, 2.45) is 5.73 Å². The van der Waals surface area contributed by atoms with Crippen molar-refractivity contribution >= 4 is 21.6 Å². The lowest BCUT2D eigenvalue weighted by molar-refractivity contribution is 0.102. The molecule has 1 saturated carbocycles. The summed E-state index contributed by atoms with van der Waals surface area (Å²) in [6.07, 6.45) is 0.658. The molecule has 0 aromatic heterocycles. The SMILES string of the molecule is NCc1c(F)c(F)c(F)c(S(=O)(=O)NC2CCC(O)CC2)c1NC(=O)c1ccccc1. The van der Waals surface area contributed by atoms with Gasteiger partial charge in [-0.05, 0) is 37.8 Å². The molecule has 31 heavy (non-hydrogen) atoms. The van der Waals surface area contributed by atoms with E-state index in [9.17, 15) is 31.5 Å². The first kappa shape index (κ1) is 23.2. The van der Waals surface area contributed by atoms with Gasteiger partial charge < -0.3 is 16.2 Å². The maximum atomic E-state index is 14.7. The van der Waals surface area contributed by atoms with Gasteiger partial charge in [-0.25, -0.2) is 26.3 Å². The normalized spacial score (nSPS) is 19.3. The second kappa shape index (κ2) is 9.35. The molecule has 3 rings (SSSR count). The Morgan fingerprint density at radius 2 is 1.65 bits per heavy atom. The van der Waals surface area contributed by atoms with Crippen molar-refractivity contribution in [1.82, 2.24) is 4.72 Å². The van der Waals surface area contributed by atoms with E-state index in [4.69, 9.17) is 5.73 Å². The summed E-state index contributed by atoms with van der Waals surface area (Å²) >= 11 is 0. The molecule has 0 atom stereocenters. The van der Waals surface area contributed by atoms with Crippen LogP contribution in [0, 0.1) is 17.5 Å². The second-order valence-electron chi connectivity index (χ2n) is 7.28. The number of nitrogens with one attached hydrogen (secondary N) is 2. The summed E-state index contributed by atoms with van der Waals surface area (Å²) in [5.41, 5.74) is 4.13. The van der Waals surface area contributed by atoms with Gasteiger partial charge in [-0.1, -0.05) is 18.2 Å². The number of halogens is 3. The third-order valence-corrected chi connectivity index (χ3v) is 6.71. The van der Waals surface area contributed by atoms with Gasteiger partial charge in [-0.15, -0.1) is 0 Å². The van der Waals surface area contributed by atoms with E-state index in [2.05, 4.69) is 10.0 Å². The van der Waals surface area contributed by atoms with Crippen molar-refractivity contribution in [3.05, 3.63) is 58.9 Å². The average molecular weight is 457 g/mol. The first-order chi connectivity index (χ1) is 14.7. The van der Waals surface area contributed by atoms with E-state index in [1.165, 1.54) is 12.1 Å². The van der Waals surface area contributed by atoms with Gasteiger partial charge in [-0.2, -0.15) is 0 Å². The number of benzene rings is 2. The third-order valence-electron chi connectivity index (χ3n) is 5.14. The Morgan fingerprint density at radius 3 is 2.23 bits per heavy atom. The lowest BCUT2D eigenvalue weighted by Crippen LogP contribution is -2.39. The predicted molar refractivity (Wildman–Crippen MR) is 107 cm³/mol. The molecule has 5 N–H and O–H groups in total. The number of carbonyl (C=O) groups is 1. The fourth-order valence-corrected chi connectivity index (χ4v) is 5.07. The van der Waals surface area contributed by atoms with Crippen LogP contribution >= 0.6 is 0 Å². The largest absolute Gasteiger partial charge is 0.393 e. The highest BCUT2D eigenvalue weighted by molar-refractivity contribution is 7.89. The first-order valence-corrected chi connectivity index (χ1v) is 11.1. The molecule has 168 valence electrons. The van der Waals surface area contributed by atoms with Crippen molar-refractivity contribution in [2.45, 2.75) is 49.3 Å². The van der Waals surface area contributed by atoms with E-state index < -0.39 is 68.2 Å². The molecule has 1 fully saturated rings. The minimum absolute atomic E-state index is 0.0909. The quantitative estimate of drug-likeness (QED) is 0.497. The minimum Gasteiger partial charge on any atom is -0.393 e. The van der Waals surface area contributed by atoms with E-state index in [1.807, 2.05) is 0 Å². The van der Waals surface area contributed by atoms with Crippen LogP contribution in [0.2, 0.25) is 0 Å². The number of aliphatic hydroxyl groups excluding tert-OH is 1. The zero-order valence-corrected chi connectivity index (χ0v) is 17.2. The zero-order valence-electron chi connectivity index (χ0n) is 16.4. The van der Waals surface area contributed by atoms with E-state index in [1.54, 1.807) is 18.2 Å². The Labute approximate surface area is 177 Å². The number of amides is 1. The van der Waals surface area contributed by atoms with Gasteiger partial charge in [0.1, 0.15) is 4.90 Å². The maximum absolute atomic E-state index is 14.7. The molecular weight excluding hydrogens is 435 g/mol. The molecule has 1 aliphatic carbocycles. The van der Waals surface area contributed by atoms with E-state index in [0.717, 1.165) is 0 Å². The Bertz CT molecular complexity index is 1070. The molecule has 2 aromatic rings. The number of rotatable bonds is 6. The van der Waals surface area contributed by atoms with Crippen LogP contribution in [0.25, 0.3) is 0 Å². The van der Waals surface area contributed by atoms with Crippen LogP contribution in [-0.4, -0.2) is 31.6 Å². The smallest absolute Gasteiger partial charge is 0.255 e. The van der Waals surface area contributed by atoms with Gasteiger partial charge >= 0.3 is 0 Å². The highest BCUT2D eigenvalue weighted by Gasteiger charge is 2.35. The van der Waals surface area contributed by atoms with Crippen molar-refractivity contribution in [2.75, 3.05) is 5.32 Å². The predicted octanol–water partition coefficient (Wildman–Crippen LogP) is 2.40. The molecule has 0 saturated heterocycles. The lowest BCUT2D eigenvalue weighted by Gasteiger charge is -2.27. The molecule has 11 heteroatoms. The molecule has 0 unspecified atom stereocenters. The fraction of sp³-hybridized carbons (Fsp3) is 0.350. The van der Waals surface area contributed by atoms with E-state index in [0.29, 0.717) is 12.8 Å². The number of hydrogen-bond acceptors (Lipinski definition) is 5. The third kappa shape index (κ3) is 4.90. The van der Waals surface area contributed by atoms with Crippen molar-refractivity contribution < 1.29 is 31.5 Å². The maximum Gasteiger partial charge on any atom is 0.255 e. The molecular formula is C20H22F3N3O4S. The molecule has 0 bridgehead atoms. The van der Waals surface area contributed by atoms with Gasteiger partial charge in [0.15, 0.2) is 17.5 Å². The van der Waals surface area contributed by atoms with Crippen LogP contribution in [0.3, 0.4) is 0 Å². The van der Waals surface area contributed by atoms with Crippen LogP contribution < -0.4 is 15.8 Å². The zero-order chi connectivity index (χ0) is 22.8. The van der Waals surface area contributed by atoms with Gasteiger partial charge in [0.25, 0.3) is 5.91 Å². The number of nitrogens with two attached hydrogens (primary N) is 1. The van der Waals surface area contributed by atoms with Crippen LogP contribution in [0.15, 0.2) is 35.2 Å². The molecule has 1 amide bonds. The highest BCUT2D eigenvalue weighted by atomic mass is 32.2. The van der Waals surface area contributed by atoms with Crippen LogP contribution in [-0.2, 0) is 16.6 Å². The van der Waals surface area contributed by atoms with Crippen LogP contribution in [0.1, 0.15) is 41.6 Å². The van der Waals surface area contributed by atoms with E-state index >= 15 is 0 Å². The summed E-state index contributed by atoms with van der Waals surface area (Å²) < 4.78 is 71.5. The van der Waals surface area contributed by atoms with Gasteiger partial charge in [0, 0.05) is 23.7 Å². The molecule has 0 heterocycles. The fourth-order valence-electron chi connectivity index (χ4n) is 3.51. The van der Waals surface area contributed by atoms with Crippen molar-refractivity contribution in [3.8, 4) is 0 Å². The minimum atomic E-state index is -4.72. The second-order valence-corrected chi connectivity index (χ2v) is 8.93. The average Bonchev–Trinajstić information content (AvgIpc) is 2.74. The summed E-state index contributed by atoms with van der Waals surface area (Å²) in [4.78, 5) is 11.3.